The fraction of sp³-hybridized carbons (Fsp3) is 0.625. The van der Waals surface area contributed by atoms with Crippen molar-refractivity contribution in [2.24, 2.45) is 0 Å². The van der Waals surface area contributed by atoms with E-state index < -0.39 is 8.32 Å². The molecule has 0 unspecified atom stereocenters. The van der Waals surface area contributed by atoms with Gasteiger partial charge >= 0.3 is 5.97 Å². The first-order chi connectivity index (χ1) is 5.47. The van der Waals surface area contributed by atoms with Crippen molar-refractivity contribution in [1.82, 2.24) is 0 Å². The predicted molar refractivity (Wildman–Crippen MR) is 48.3 cm³/mol. The number of carbonyl (C=O) groups excluding carboxylic acids is 1. The summed E-state index contributed by atoms with van der Waals surface area (Å²) in [5.74, 6) is -0.265. The van der Waals surface area contributed by atoms with E-state index >= 15 is 0 Å². The molecule has 0 aromatic heterocycles. The lowest BCUT2D eigenvalue weighted by atomic mass is 10.4. The van der Waals surface area contributed by atoms with Crippen LogP contribution < -0.4 is 0 Å². The third-order valence-electron chi connectivity index (χ3n) is 1.40. The summed E-state index contributed by atoms with van der Waals surface area (Å²) in [6.07, 6.45) is 3.02. The second-order valence-electron chi connectivity index (χ2n) is 3.76. The molecule has 0 saturated heterocycles. The largest absolute Gasteiger partial charge is 0.453 e. The average Bonchev–Trinajstić information content (AvgIpc) is 2.30. The van der Waals surface area contributed by atoms with Crippen LogP contribution in [0, 0.1) is 0 Å². The van der Waals surface area contributed by atoms with Gasteiger partial charge in [0, 0.05) is 6.08 Å². The maximum absolute atomic E-state index is 10.6. The Hall–Kier alpha value is -0.613. The van der Waals surface area contributed by atoms with Crippen molar-refractivity contribution >= 4 is 14.3 Å². The fourth-order valence-electron chi connectivity index (χ4n) is 0.835. The monoisotopic (exact) mass is 186 g/mol. The minimum absolute atomic E-state index is 0.163. The van der Waals surface area contributed by atoms with Crippen molar-refractivity contribution < 1.29 is 14.0 Å². The number of esters is 1. The highest BCUT2D eigenvalue weighted by Crippen LogP contribution is 2.09. The van der Waals surface area contributed by atoms with Crippen LogP contribution in [0.3, 0.4) is 0 Å². The van der Waals surface area contributed by atoms with Gasteiger partial charge in [0.2, 0.25) is 0 Å². The lowest BCUT2D eigenvalue weighted by molar-refractivity contribution is -0.139. The van der Waals surface area contributed by atoms with Crippen molar-refractivity contribution in [3.05, 3.63) is 12.2 Å². The van der Waals surface area contributed by atoms with E-state index in [0.29, 0.717) is 6.61 Å². The summed E-state index contributed by atoms with van der Waals surface area (Å²) < 4.78 is 10.5. The Labute approximate surface area is 73.5 Å². The molecule has 0 bridgehead atoms. The zero-order valence-corrected chi connectivity index (χ0v) is 8.66. The van der Waals surface area contributed by atoms with Crippen LogP contribution >= 0.6 is 0 Å². The summed E-state index contributed by atoms with van der Waals surface area (Å²) in [4.78, 5) is 10.6. The molecule has 0 aromatic rings. The normalized spacial score (nSPS) is 22.9. The Morgan fingerprint density at radius 3 is 2.67 bits per heavy atom. The molecule has 1 aliphatic heterocycles. The Kier molecular flexibility index (Phi) is 2.69. The van der Waals surface area contributed by atoms with E-state index in [1.807, 2.05) is 0 Å². The molecule has 3 nitrogen and oxygen atoms in total. The smallest absolute Gasteiger partial charge is 0.331 e. The minimum Gasteiger partial charge on any atom is -0.453 e. The van der Waals surface area contributed by atoms with Gasteiger partial charge in [-0.1, -0.05) is 0 Å². The average molecular weight is 186 g/mol. The summed E-state index contributed by atoms with van der Waals surface area (Å²) in [5.41, 5.74) is 0. The summed E-state index contributed by atoms with van der Waals surface area (Å²) in [6.45, 7) is 6.81. The van der Waals surface area contributed by atoms with Gasteiger partial charge in [0.1, 0.15) is 6.10 Å². The molecule has 1 atom stereocenters. The number of hydrogen-bond donors (Lipinski definition) is 0. The van der Waals surface area contributed by atoms with E-state index in [9.17, 15) is 4.79 Å². The molecule has 1 heterocycles. The lowest BCUT2D eigenvalue weighted by Gasteiger charge is -2.19. The second kappa shape index (κ2) is 3.41. The van der Waals surface area contributed by atoms with Crippen LogP contribution in [-0.2, 0) is 14.0 Å². The van der Waals surface area contributed by atoms with E-state index in [-0.39, 0.29) is 12.1 Å². The zero-order chi connectivity index (χ0) is 9.19. The van der Waals surface area contributed by atoms with E-state index in [4.69, 9.17) is 9.16 Å². The van der Waals surface area contributed by atoms with E-state index in [1.165, 1.54) is 6.08 Å². The van der Waals surface area contributed by atoms with Crippen LogP contribution in [0.2, 0.25) is 19.6 Å². The van der Waals surface area contributed by atoms with Crippen LogP contribution in [0.1, 0.15) is 0 Å². The van der Waals surface area contributed by atoms with Gasteiger partial charge in [0.15, 0.2) is 8.32 Å². The summed E-state index contributed by atoms with van der Waals surface area (Å²) in [7, 11) is -1.47. The molecule has 0 aromatic carbocycles. The summed E-state index contributed by atoms with van der Waals surface area (Å²) >= 11 is 0. The molecule has 0 aliphatic carbocycles. The first-order valence-electron chi connectivity index (χ1n) is 4.00. The van der Waals surface area contributed by atoms with Crippen molar-refractivity contribution in [3.63, 3.8) is 0 Å². The second-order valence-corrected chi connectivity index (χ2v) is 8.27. The maximum Gasteiger partial charge on any atom is 0.331 e. The Bertz CT molecular complexity index is 205. The highest BCUT2D eigenvalue weighted by Gasteiger charge is 2.21. The van der Waals surface area contributed by atoms with Crippen molar-refractivity contribution in [2.75, 3.05) is 6.61 Å². The SMILES string of the molecule is C[Si](C)(C)OC[C@@H]1C=CC(=O)O1. The number of ether oxygens (including phenoxy) is 1. The molecule has 0 radical (unpaired) electrons. The molecule has 1 aliphatic rings. The van der Waals surface area contributed by atoms with E-state index in [0.717, 1.165) is 0 Å². The fourth-order valence-corrected chi connectivity index (χ4v) is 1.50. The molecular weight excluding hydrogens is 172 g/mol. The van der Waals surface area contributed by atoms with Crippen LogP contribution in [0.5, 0.6) is 0 Å². The first-order valence-corrected chi connectivity index (χ1v) is 7.41. The zero-order valence-electron chi connectivity index (χ0n) is 7.66. The summed E-state index contributed by atoms with van der Waals surface area (Å²) in [6, 6.07) is 0. The van der Waals surface area contributed by atoms with Gasteiger partial charge in [-0.05, 0) is 25.7 Å². The van der Waals surface area contributed by atoms with Gasteiger partial charge < -0.3 is 9.16 Å². The van der Waals surface area contributed by atoms with Crippen molar-refractivity contribution in [3.8, 4) is 0 Å². The molecule has 0 amide bonds. The minimum atomic E-state index is -1.47. The molecule has 0 N–H and O–H groups in total. The van der Waals surface area contributed by atoms with Crippen molar-refractivity contribution in [1.29, 1.82) is 0 Å². The van der Waals surface area contributed by atoms with Gasteiger partial charge in [-0.3, -0.25) is 0 Å². The van der Waals surface area contributed by atoms with Crippen LogP contribution in [0.25, 0.3) is 0 Å². The van der Waals surface area contributed by atoms with Gasteiger partial charge in [-0.15, -0.1) is 0 Å². The lowest BCUT2D eigenvalue weighted by Crippen LogP contribution is -2.30. The highest BCUT2D eigenvalue weighted by atomic mass is 28.4. The number of rotatable bonds is 3. The molecule has 0 saturated carbocycles. The maximum atomic E-state index is 10.6. The molecule has 0 fully saturated rings. The van der Waals surface area contributed by atoms with Crippen molar-refractivity contribution in [2.45, 2.75) is 25.7 Å². The third-order valence-corrected chi connectivity index (χ3v) is 2.43. The van der Waals surface area contributed by atoms with Gasteiger partial charge in [-0.2, -0.15) is 0 Å². The molecular formula is C8H14O3Si. The molecule has 0 spiro atoms. The van der Waals surface area contributed by atoms with Gasteiger partial charge in [0.25, 0.3) is 0 Å². The highest BCUT2D eigenvalue weighted by molar-refractivity contribution is 6.69. The number of hydrogen-bond acceptors (Lipinski definition) is 3. The number of carbonyl (C=O) groups is 1. The molecule has 4 heteroatoms. The summed E-state index contributed by atoms with van der Waals surface area (Å²) in [5, 5.41) is 0. The van der Waals surface area contributed by atoms with Crippen LogP contribution in [0.15, 0.2) is 12.2 Å². The van der Waals surface area contributed by atoms with Gasteiger partial charge in [0.05, 0.1) is 6.61 Å². The van der Waals surface area contributed by atoms with E-state index in [1.54, 1.807) is 6.08 Å². The van der Waals surface area contributed by atoms with Gasteiger partial charge in [-0.25, -0.2) is 4.79 Å². The standard InChI is InChI=1S/C8H14O3Si/c1-12(2,3)10-6-7-4-5-8(9)11-7/h4-5,7H,6H2,1-3H3/t7-/m0/s1. The topological polar surface area (TPSA) is 35.5 Å². The van der Waals surface area contributed by atoms with Crippen LogP contribution in [0.4, 0.5) is 0 Å². The first kappa shape index (κ1) is 9.47. The van der Waals surface area contributed by atoms with E-state index in [2.05, 4.69) is 19.6 Å². The molecule has 1 rings (SSSR count). The molecule has 12 heavy (non-hydrogen) atoms. The van der Waals surface area contributed by atoms with Crippen LogP contribution in [-0.4, -0.2) is 27.0 Å². The Morgan fingerprint density at radius 1 is 1.58 bits per heavy atom. The number of cyclic esters (lactones) is 1. The quantitative estimate of drug-likeness (QED) is 0.492. The molecule has 68 valence electrons. The Morgan fingerprint density at radius 2 is 2.25 bits per heavy atom. The predicted octanol–water partition coefficient (Wildman–Crippen LogP) is 1.32. The third kappa shape index (κ3) is 3.19. The Balaban J connectivity index is 2.26.